The van der Waals surface area contributed by atoms with Crippen molar-refractivity contribution in [2.45, 2.75) is 52.5 Å². The molecule has 0 unspecified atom stereocenters. The summed E-state index contributed by atoms with van der Waals surface area (Å²) in [4.78, 5) is 16.5. The number of ether oxygens (including phenoxy) is 1. The quantitative estimate of drug-likeness (QED) is 0.658. The average molecular weight is 396 g/mol. The van der Waals surface area contributed by atoms with Gasteiger partial charge in [0.1, 0.15) is 12.0 Å². The van der Waals surface area contributed by atoms with Crippen molar-refractivity contribution in [2.24, 2.45) is 11.8 Å². The standard InChI is InChI=1S/C22H28N4O3/c1-13(2)15-5-7-17(8-6-15)26-11-16-9-19(21(28-4)10-18(16)25-26)24-22(27)20-12-29-14(3)23-20/h9-13,15,17H,5-8H2,1-4H3,(H,24,27)/t15-,17-. The molecule has 7 nitrogen and oxygen atoms in total. The van der Waals surface area contributed by atoms with Crippen LogP contribution in [-0.4, -0.2) is 27.8 Å². The molecule has 1 aliphatic rings. The van der Waals surface area contributed by atoms with Crippen molar-refractivity contribution in [1.82, 2.24) is 14.8 Å². The van der Waals surface area contributed by atoms with Crippen molar-refractivity contribution in [1.29, 1.82) is 0 Å². The van der Waals surface area contributed by atoms with E-state index in [0.717, 1.165) is 35.6 Å². The Hall–Kier alpha value is -2.83. The number of carbonyl (C=O) groups excluding carboxylic acids is 1. The monoisotopic (exact) mass is 396 g/mol. The smallest absolute Gasteiger partial charge is 0.277 e. The fraction of sp³-hybridized carbons (Fsp3) is 0.500. The van der Waals surface area contributed by atoms with Crippen molar-refractivity contribution in [3.8, 4) is 5.75 Å². The molecule has 0 bridgehead atoms. The summed E-state index contributed by atoms with van der Waals surface area (Å²) in [5, 5.41) is 8.64. The maximum Gasteiger partial charge on any atom is 0.277 e. The summed E-state index contributed by atoms with van der Waals surface area (Å²) < 4.78 is 12.7. The Morgan fingerprint density at radius 3 is 2.66 bits per heavy atom. The van der Waals surface area contributed by atoms with Crippen LogP contribution in [0.4, 0.5) is 5.69 Å². The summed E-state index contributed by atoms with van der Waals surface area (Å²) >= 11 is 0. The third-order valence-electron chi connectivity index (χ3n) is 6.00. The van der Waals surface area contributed by atoms with Crippen molar-refractivity contribution in [3.63, 3.8) is 0 Å². The molecule has 0 aliphatic heterocycles. The van der Waals surface area contributed by atoms with Crippen molar-refractivity contribution < 1.29 is 13.9 Å². The number of hydrogen-bond donors (Lipinski definition) is 1. The molecule has 1 aliphatic carbocycles. The molecule has 0 atom stereocenters. The van der Waals surface area contributed by atoms with Gasteiger partial charge in [0.05, 0.1) is 24.4 Å². The molecule has 1 fully saturated rings. The van der Waals surface area contributed by atoms with Gasteiger partial charge in [-0.15, -0.1) is 0 Å². The van der Waals surface area contributed by atoms with E-state index in [4.69, 9.17) is 14.3 Å². The van der Waals surface area contributed by atoms with E-state index in [9.17, 15) is 4.79 Å². The van der Waals surface area contributed by atoms with Crippen LogP contribution in [0.1, 0.15) is 62.0 Å². The van der Waals surface area contributed by atoms with E-state index in [0.29, 0.717) is 23.4 Å². The number of nitrogens with zero attached hydrogens (tertiary/aromatic N) is 3. The highest BCUT2D eigenvalue weighted by Crippen LogP contribution is 2.37. The van der Waals surface area contributed by atoms with E-state index < -0.39 is 0 Å². The molecule has 1 amide bonds. The zero-order valence-electron chi connectivity index (χ0n) is 17.4. The van der Waals surface area contributed by atoms with Gasteiger partial charge in [-0.05, 0) is 43.6 Å². The lowest BCUT2D eigenvalue weighted by molar-refractivity contribution is 0.102. The number of nitrogens with one attached hydrogen (secondary N) is 1. The molecule has 3 aromatic rings. The maximum absolute atomic E-state index is 12.5. The lowest BCUT2D eigenvalue weighted by atomic mass is 9.80. The molecule has 7 heteroatoms. The Morgan fingerprint density at radius 2 is 2.03 bits per heavy atom. The van der Waals surface area contributed by atoms with Crippen LogP contribution < -0.4 is 10.1 Å². The zero-order chi connectivity index (χ0) is 20.5. The van der Waals surface area contributed by atoms with Crippen LogP contribution in [0, 0.1) is 18.8 Å². The van der Waals surface area contributed by atoms with Gasteiger partial charge in [0.15, 0.2) is 11.6 Å². The Labute approximate surface area is 170 Å². The summed E-state index contributed by atoms with van der Waals surface area (Å²) in [5.74, 6) is 2.25. The van der Waals surface area contributed by atoms with Crippen LogP contribution in [0.2, 0.25) is 0 Å². The third-order valence-corrected chi connectivity index (χ3v) is 6.00. The summed E-state index contributed by atoms with van der Waals surface area (Å²) in [5.41, 5.74) is 1.69. The second kappa shape index (κ2) is 7.89. The fourth-order valence-corrected chi connectivity index (χ4v) is 4.21. The molecule has 2 heterocycles. The third kappa shape index (κ3) is 3.99. The number of anilines is 1. The van der Waals surface area contributed by atoms with Crippen molar-refractivity contribution in [2.75, 3.05) is 12.4 Å². The first-order valence-electron chi connectivity index (χ1n) is 10.2. The topological polar surface area (TPSA) is 82.2 Å². The van der Waals surface area contributed by atoms with E-state index in [1.807, 2.05) is 12.1 Å². The van der Waals surface area contributed by atoms with E-state index >= 15 is 0 Å². The summed E-state index contributed by atoms with van der Waals surface area (Å²) in [6, 6.07) is 4.21. The van der Waals surface area contributed by atoms with Crippen LogP contribution in [0.15, 0.2) is 29.0 Å². The van der Waals surface area contributed by atoms with E-state index in [2.05, 4.69) is 35.0 Å². The minimum atomic E-state index is -0.334. The average Bonchev–Trinajstić information content (AvgIpc) is 3.33. The van der Waals surface area contributed by atoms with Crippen LogP contribution in [0.5, 0.6) is 5.75 Å². The second-order valence-corrected chi connectivity index (χ2v) is 8.24. The van der Waals surface area contributed by atoms with Gasteiger partial charge in [0, 0.05) is 24.6 Å². The molecule has 0 radical (unpaired) electrons. The molecule has 1 saturated carbocycles. The largest absolute Gasteiger partial charge is 0.494 e. The van der Waals surface area contributed by atoms with Crippen molar-refractivity contribution >= 4 is 22.5 Å². The molecular formula is C22H28N4O3. The van der Waals surface area contributed by atoms with Gasteiger partial charge in [-0.3, -0.25) is 9.48 Å². The summed E-state index contributed by atoms with van der Waals surface area (Å²) in [6.45, 7) is 6.33. The molecule has 4 rings (SSSR count). The number of aromatic nitrogens is 3. The SMILES string of the molecule is COc1cc2nn([C@H]3CC[C@H](C(C)C)CC3)cc2cc1NC(=O)c1coc(C)n1. The Balaban J connectivity index is 1.56. The zero-order valence-corrected chi connectivity index (χ0v) is 17.4. The predicted molar refractivity (Wildman–Crippen MR) is 111 cm³/mol. The van der Waals surface area contributed by atoms with Gasteiger partial charge in [-0.1, -0.05) is 13.8 Å². The van der Waals surface area contributed by atoms with E-state index in [1.54, 1.807) is 14.0 Å². The van der Waals surface area contributed by atoms with Gasteiger partial charge in [0.2, 0.25) is 0 Å². The van der Waals surface area contributed by atoms with E-state index in [-0.39, 0.29) is 11.6 Å². The van der Waals surface area contributed by atoms with Crippen LogP contribution >= 0.6 is 0 Å². The number of oxazole rings is 1. The second-order valence-electron chi connectivity index (χ2n) is 8.24. The molecule has 0 spiro atoms. The van der Waals surface area contributed by atoms with Gasteiger partial charge >= 0.3 is 0 Å². The van der Waals surface area contributed by atoms with Crippen LogP contribution in [-0.2, 0) is 0 Å². The minimum absolute atomic E-state index is 0.238. The Morgan fingerprint density at radius 1 is 1.28 bits per heavy atom. The molecule has 2 aromatic heterocycles. The summed E-state index contributed by atoms with van der Waals surface area (Å²) in [6.07, 6.45) is 8.24. The first kappa shape index (κ1) is 19.5. The maximum atomic E-state index is 12.5. The van der Waals surface area contributed by atoms with Crippen molar-refractivity contribution in [3.05, 3.63) is 36.2 Å². The number of amides is 1. The lowest BCUT2D eigenvalue weighted by Gasteiger charge is -2.30. The first-order valence-corrected chi connectivity index (χ1v) is 10.2. The number of hydrogen-bond acceptors (Lipinski definition) is 5. The van der Waals surface area contributed by atoms with Crippen LogP contribution in [0.25, 0.3) is 10.9 Å². The molecule has 0 saturated heterocycles. The number of benzene rings is 1. The highest BCUT2D eigenvalue weighted by Gasteiger charge is 2.25. The van der Waals surface area contributed by atoms with Gasteiger partial charge in [0.25, 0.3) is 5.91 Å². The number of methoxy groups -OCH3 is 1. The Kier molecular flexibility index (Phi) is 5.30. The highest BCUT2D eigenvalue weighted by atomic mass is 16.5. The predicted octanol–water partition coefficient (Wildman–Crippen LogP) is 4.98. The minimum Gasteiger partial charge on any atom is -0.494 e. The normalized spacial score (nSPS) is 19.6. The van der Waals surface area contributed by atoms with Crippen LogP contribution in [0.3, 0.4) is 0 Å². The number of rotatable bonds is 5. The fourth-order valence-electron chi connectivity index (χ4n) is 4.21. The number of carbonyl (C=O) groups is 1. The molecule has 154 valence electrons. The number of fused-ring (bicyclic) bond motifs is 1. The molecular weight excluding hydrogens is 368 g/mol. The highest BCUT2D eigenvalue weighted by molar-refractivity contribution is 6.04. The van der Waals surface area contributed by atoms with Gasteiger partial charge < -0.3 is 14.5 Å². The summed E-state index contributed by atoms with van der Waals surface area (Å²) in [7, 11) is 1.58. The number of aryl methyl sites for hydroxylation is 1. The lowest BCUT2D eigenvalue weighted by Crippen LogP contribution is -2.21. The molecule has 1 N–H and O–H groups in total. The first-order chi connectivity index (χ1) is 13.9. The van der Waals surface area contributed by atoms with Gasteiger partial charge in [-0.25, -0.2) is 4.98 Å². The molecule has 29 heavy (non-hydrogen) atoms. The van der Waals surface area contributed by atoms with E-state index in [1.165, 1.54) is 19.1 Å². The molecule has 1 aromatic carbocycles. The Bertz CT molecular complexity index is 1010. The van der Waals surface area contributed by atoms with Gasteiger partial charge in [-0.2, -0.15) is 5.10 Å².